The number of benzene rings is 1. The maximum Gasteiger partial charge on any atom is 0.415 e. The smallest absolute Gasteiger partial charge is 0.415 e. The number of aliphatic imine (C=N–C) groups is 1. The van der Waals surface area contributed by atoms with Gasteiger partial charge >= 0.3 is 24.4 Å². The molecule has 1 aromatic rings. The van der Waals surface area contributed by atoms with Crippen molar-refractivity contribution in [1.82, 2.24) is 26.2 Å². The van der Waals surface area contributed by atoms with Crippen LogP contribution in [-0.2, 0) is 30.8 Å². The Kier molecular flexibility index (Phi) is 13.7. The summed E-state index contributed by atoms with van der Waals surface area (Å²) in [5.74, 6) is 1.28. The van der Waals surface area contributed by atoms with Gasteiger partial charge in [0.2, 0.25) is 11.9 Å². The Labute approximate surface area is 352 Å². The fourth-order valence-corrected chi connectivity index (χ4v) is 8.52. The molecule has 4 aliphatic rings. The van der Waals surface area contributed by atoms with E-state index in [0.29, 0.717) is 17.6 Å². The standard InChI is InChI=1S/C43H64N6O11/c1-24-18-19-43-27-15-16-29(50)33(43)57-32-30(17-14-25(31(32)43)23-26(24)27)56-39(55)49(11)22-21-44-34(51)28(46-36(52)58-40(2,3)4)13-12-20-45-35(47-37(53)59-41(5,6)7)48-38(54)60-42(8,9)10/h14-17,24,26-29,33,50H,12-13,18-23H2,1-11H3,(H,44,51)(H,46,52)(H2,45,47,48,53,54)/t24-,26+,27?,28+,29?,33+,43+/m1/s1. The van der Waals surface area contributed by atoms with Crippen molar-refractivity contribution in [2.24, 2.45) is 22.7 Å². The fraction of sp³-hybridized carbons (Fsp3) is 0.674. The highest BCUT2D eigenvalue weighted by atomic mass is 16.6. The summed E-state index contributed by atoms with van der Waals surface area (Å²) >= 11 is 0. The van der Waals surface area contributed by atoms with Crippen molar-refractivity contribution in [2.75, 3.05) is 26.7 Å². The van der Waals surface area contributed by atoms with Gasteiger partial charge in [-0.05, 0) is 124 Å². The van der Waals surface area contributed by atoms with Gasteiger partial charge in [0.25, 0.3) is 0 Å². The van der Waals surface area contributed by atoms with E-state index in [1.165, 1.54) is 10.5 Å². The van der Waals surface area contributed by atoms with Gasteiger partial charge in [0.1, 0.15) is 35.1 Å². The zero-order valence-corrected chi connectivity index (χ0v) is 36.9. The van der Waals surface area contributed by atoms with E-state index in [9.17, 15) is 29.1 Å². The summed E-state index contributed by atoms with van der Waals surface area (Å²) in [4.78, 5) is 70.2. The number of aliphatic hydroxyl groups excluding tert-OH is 1. The van der Waals surface area contributed by atoms with Crippen molar-refractivity contribution in [1.29, 1.82) is 0 Å². The van der Waals surface area contributed by atoms with E-state index in [1.54, 1.807) is 75.4 Å². The number of guanidine groups is 1. The van der Waals surface area contributed by atoms with Crippen molar-refractivity contribution < 1.29 is 52.8 Å². The molecule has 1 aromatic carbocycles. The van der Waals surface area contributed by atoms with E-state index in [2.05, 4.69) is 39.3 Å². The van der Waals surface area contributed by atoms with Crippen molar-refractivity contribution in [2.45, 2.75) is 142 Å². The normalized spacial score (nSPS) is 24.0. The van der Waals surface area contributed by atoms with Crippen LogP contribution in [0, 0.1) is 17.8 Å². The van der Waals surface area contributed by atoms with Crippen molar-refractivity contribution in [3.8, 4) is 11.5 Å². The molecular weight excluding hydrogens is 777 g/mol. The molecule has 1 spiro atoms. The first-order chi connectivity index (χ1) is 27.9. The van der Waals surface area contributed by atoms with E-state index >= 15 is 0 Å². The lowest BCUT2D eigenvalue weighted by atomic mass is 9.48. The van der Waals surface area contributed by atoms with Crippen molar-refractivity contribution >= 4 is 36.2 Å². The molecule has 17 nitrogen and oxygen atoms in total. The first-order valence-corrected chi connectivity index (χ1v) is 20.8. The van der Waals surface area contributed by atoms with Crippen molar-refractivity contribution in [3.63, 3.8) is 0 Å². The molecule has 3 aliphatic carbocycles. The summed E-state index contributed by atoms with van der Waals surface area (Å²) in [6.07, 6.45) is 2.74. The molecule has 0 radical (unpaired) electrons. The summed E-state index contributed by atoms with van der Waals surface area (Å²) in [6, 6.07) is 2.71. The molecule has 5 amide bonds. The zero-order chi connectivity index (χ0) is 44.4. The van der Waals surface area contributed by atoms with Crippen LogP contribution in [0.3, 0.4) is 0 Å². The van der Waals surface area contributed by atoms with Gasteiger partial charge in [0, 0.05) is 37.7 Å². The SMILES string of the molecule is C[C@@H]1CC[C@]23c4c5ccc(OC(=O)N(C)CCNC(=O)[C@H](CCCN=C(NC(=O)OC(C)(C)C)NC(=O)OC(C)(C)C)NC(=O)OC(C)(C)C)c4O[C@H]2C(O)C=CC3[C@H]1C5. The Balaban J connectivity index is 1.20. The van der Waals surface area contributed by atoms with Gasteiger partial charge < -0.3 is 44.3 Å². The predicted octanol–water partition coefficient (Wildman–Crippen LogP) is 5.46. The van der Waals surface area contributed by atoms with Gasteiger partial charge in [-0.15, -0.1) is 0 Å². The lowest BCUT2D eigenvalue weighted by Gasteiger charge is -2.55. The molecule has 1 heterocycles. The number of rotatable bonds is 10. The molecule has 332 valence electrons. The molecule has 0 aromatic heterocycles. The second-order valence-corrected chi connectivity index (χ2v) is 19.2. The lowest BCUT2D eigenvalue weighted by Crippen LogP contribution is -2.59. The fourth-order valence-electron chi connectivity index (χ4n) is 8.52. The summed E-state index contributed by atoms with van der Waals surface area (Å²) in [6.45, 7) is 17.6. The minimum atomic E-state index is -1.07. The number of ether oxygens (including phenoxy) is 5. The number of hydrogen-bond donors (Lipinski definition) is 5. The molecular formula is C43H64N6O11. The molecule has 7 atom stereocenters. The minimum Gasteiger partial charge on any atom is -0.482 e. The number of amides is 5. The zero-order valence-electron chi connectivity index (χ0n) is 36.9. The van der Waals surface area contributed by atoms with Crippen LogP contribution in [0.25, 0.3) is 0 Å². The van der Waals surface area contributed by atoms with Crippen LogP contribution in [0.15, 0.2) is 29.3 Å². The molecule has 5 N–H and O–H groups in total. The topological polar surface area (TPSA) is 215 Å². The van der Waals surface area contributed by atoms with E-state index < -0.39 is 65.3 Å². The maximum atomic E-state index is 13.5. The summed E-state index contributed by atoms with van der Waals surface area (Å²) < 4.78 is 28.4. The Bertz CT molecular complexity index is 1830. The molecule has 5 rings (SSSR count). The first-order valence-electron chi connectivity index (χ1n) is 20.8. The molecule has 60 heavy (non-hydrogen) atoms. The first kappa shape index (κ1) is 46.0. The van der Waals surface area contributed by atoms with Crippen LogP contribution in [0.1, 0.15) is 106 Å². The number of allylic oxidation sites excluding steroid dienone is 1. The Morgan fingerprint density at radius 2 is 1.55 bits per heavy atom. The highest BCUT2D eigenvalue weighted by Gasteiger charge is 2.64. The highest BCUT2D eigenvalue weighted by molar-refractivity contribution is 6.01. The number of alkyl carbamates (subject to hydrolysis) is 3. The monoisotopic (exact) mass is 840 g/mol. The number of nitrogens with one attached hydrogen (secondary N) is 4. The maximum absolute atomic E-state index is 13.5. The van der Waals surface area contributed by atoms with E-state index in [4.69, 9.17) is 23.7 Å². The van der Waals surface area contributed by atoms with E-state index in [-0.39, 0.29) is 55.5 Å². The van der Waals surface area contributed by atoms with E-state index in [1.807, 2.05) is 12.1 Å². The number of carbonyl (C=O) groups excluding carboxylic acids is 5. The minimum absolute atomic E-state index is 0.0153. The average molecular weight is 841 g/mol. The lowest BCUT2D eigenvalue weighted by molar-refractivity contribution is -0.123. The Morgan fingerprint density at radius 3 is 2.17 bits per heavy atom. The summed E-state index contributed by atoms with van der Waals surface area (Å²) in [5, 5.41) is 21.3. The van der Waals surface area contributed by atoms with Crippen LogP contribution in [0.2, 0.25) is 0 Å². The largest absolute Gasteiger partial charge is 0.482 e. The Morgan fingerprint density at radius 1 is 0.933 bits per heavy atom. The van der Waals surface area contributed by atoms with Crippen LogP contribution in [0.4, 0.5) is 19.2 Å². The van der Waals surface area contributed by atoms with Gasteiger partial charge in [0.05, 0.1) is 0 Å². The van der Waals surface area contributed by atoms with Crippen LogP contribution >= 0.6 is 0 Å². The van der Waals surface area contributed by atoms with Gasteiger partial charge in [-0.2, -0.15) is 0 Å². The van der Waals surface area contributed by atoms with E-state index in [0.717, 1.165) is 24.8 Å². The van der Waals surface area contributed by atoms with Crippen LogP contribution in [0.5, 0.6) is 11.5 Å². The van der Waals surface area contributed by atoms with Crippen LogP contribution < -0.4 is 30.7 Å². The summed E-state index contributed by atoms with van der Waals surface area (Å²) in [7, 11) is 1.55. The molecule has 1 fully saturated rings. The number of nitrogens with zero attached hydrogens (tertiary/aromatic N) is 2. The number of carbonyl (C=O) groups is 5. The quantitative estimate of drug-likeness (QED) is 0.0656. The Hall–Kier alpha value is -5.06. The predicted molar refractivity (Wildman–Crippen MR) is 222 cm³/mol. The van der Waals surface area contributed by atoms with Gasteiger partial charge in [-0.25, -0.2) is 19.2 Å². The molecule has 1 saturated carbocycles. The third-order valence-electron chi connectivity index (χ3n) is 10.9. The molecule has 2 unspecified atom stereocenters. The average Bonchev–Trinajstić information content (AvgIpc) is 3.46. The number of hydrogen-bond acceptors (Lipinski definition) is 12. The second-order valence-electron chi connectivity index (χ2n) is 19.2. The van der Waals surface area contributed by atoms with Gasteiger partial charge in [0.15, 0.2) is 11.5 Å². The third kappa shape index (κ3) is 11.2. The number of likely N-dealkylation sites (N-methyl/N-ethyl adjacent to an activating group) is 1. The van der Waals surface area contributed by atoms with Gasteiger partial charge in [-0.1, -0.05) is 25.1 Å². The third-order valence-corrected chi connectivity index (χ3v) is 10.9. The molecule has 1 aliphatic heterocycles. The van der Waals surface area contributed by atoms with Crippen LogP contribution in [-0.4, -0.2) is 108 Å². The molecule has 2 bridgehead atoms. The highest BCUT2D eigenvalue weighted by Crippen LogP contribution is 2.65. The second kappa shape index (κ2) is 17.9. The number of aliphatic hydroxyl groups is 1. The summed E-state index contributed by atoms with van der Waals surface area (Å²) in [5.41, 5.74) is -0.602. The van der Waals surface area contributed by atoms with Gasteiger partial charge in [-0.3, -0.25) is 20.4 Å². The van der Waals surface area contributed by atoms with Crippen molar-refractivity contribution in [3.05, 3.63) is 35.4 Å². The molecule has 0 saturated heterocycles. The molecule has 17 heteroatoms.